The highest BCUT2D eigenvalue weighted by molar-refractivity contribution is 6.01. The number of fused-ring (bicyclic) bond motifs is 1. The van der Waals surface area contributed by atoms with Crippen molar-refractivity contribution in [2.45, 2.75) is 25.9 Å². The highest BCUT2D eigenvalue weighted by Crippen LogP contribution is 2.36. The number of aliphatic hydroxyl groups excluding tert-OH is 1. The average Bonchev–Trinajstić information content (AvgIpc) is 2.98. The molecule has 2 amide bonds. The van der Waals surface area contributed by atoms with E-state index in [1.807, 2.05) is 67.6 Å². The molecule has 8 heteroatoms. The Morgan fingerprint density at radius 2 is 1.61 bits per heavy atom. The van der Waals surface area contributed by atoms with Crippen LogP contribution in [0.15, 0.2) is 103 Å². The van der Waals surface area contributed by atoms with Crippen molar-refractivity contribution < 1.29 is 24.2 Å². The quantitative estimate of drug-likeness (QED) is 0.114. The lowest BCUT2D eigenvalue weighted by Gasteiger charge is -2.26. The lowest BCUT2D eigenvalue weighted by atomic mass is 9.92. The molecular formula is C33H35N3O5. The van der Waals surface area contributed by atoms with Gasteiger partial charge in [-0.15, -0.1) is 0 Å². The Morgan fingerprint density at radius 1 is 0.902 bits per heavy atom. The maximum absolute atomic E-state index is 13.2. The van der Waals surface area contributed by atoms with Crippen molar-refractivity contribution in [3.05, 3.63) is 109 Å². The normalized spacial score (nSPS) is 12.5. The second kappa shape index (κ2) is 14.5. The second-order valence-corrected chi connectivity index (χ2v) is 9.62. The van der Waals surface area contributed by atoms with Crippen LogP contribution in [0.1, 0.15) is 31.4 Å². The highest BCUT2D eigenvalue weighted by atomic mass is 16.6. The molecule has 4 rings (SSSR count). The van der Waals surface area contributed by atoms with Crippen molar-refractivity contribution in [2.24, 2.45) is 5.92 Å². The first-order chi connectivity index (χ1) is 20.0. The molecule has 0 heterocycles. The highest BCUT2D eigenvalue weighted by Gasteiger charge is 2.26. The lowest BCUT2D eigenvalue weighted by Crippen LogP contribution is -2.23. The van der Waals surface area contributed by atoms with Gasteiger partial charge in [0.05, 0.1) is 23.7 Å². The molecule has 0 bridgehead atoms. The minimum Gasteiger partial charge on any atom is -0.491 e. The Labute approximate surface area is 239 Å². The summed E-state index contributed by atoms with van der Waals surface area (Å²) in [4.78, 5) is 25.6. The Balaban J connectivity index is 1.47. The van der Waals surface area contributed by atoms with Crippen LogP contribution in [0.3, 0.4) is 0 Å². The summed E-state index contributed by atoms with van der Waals surface area (Å²) in [6, 6.07) is 27.9. The Morgan fingerprint density at radius 3 is 2.44 bits per heavy atom. The molecular weight excluding hydrogens is 518 g/mol. The first-order valence-electron chi connectivity index (χ1n) is 13.6. The third-order valence-corrected chi connectivity index (χ3v) is 6.63. The molecule has 0 aliphatic rings. The number of amides is 2. The molecule has 5 N–H and O–H groups in total. The Bertz CT molecular complexity index is 1500. The minimum absolute atomic E-state index is 0.115. The van der Waals surface area contributed by atoms with Gasteiger partial charge in [-0.05, 0) is 54.5 Å². The molecule has 0 radical (unpaired) electrons. The zero-order valence-corrected chi connectivity index (χ0v) is 23.0. The number of nitrogens with one attached hydrogen (secondary N) is 2. The van der Waals surface area contributed by atoms with Crippen LogP contribution in [-0.2, 0) is 9.53 Å². The van der Waals surface area contributed by atoms with Gasteiger partial charge < -0.3 is 25.6 Å². The van der Waals surface area contributed by atoms with Crippen LogP contribution in [0.25, 0.3) is 10.8 Å². The minimum atomic E-state index is -0.647. The molecule has 0 saturated heterocycles. The lowest BCUT2D eigenvalue weighted by molar-refractivity contribution is -0.111. The van der Waals surface area contributed by atoms with Gasteiger partial charge in [0.1, 0.15) is 18.5 Å². The Kier molecular flexibility index (Phi) is 10.3. The molecule has 0 fully saturated rings. The van der Waals surface area contributed by atoms with Gasteiger partial charge in [-0.25, -0.2) is 4.79 Å². The molecule has 0 aliphatic carbocycles. The van der Waals surface area contributed by atoms with Crippen LogP contribution in [-0.4, -0.2) is 30.3 Å². The maximum atomic E-state index is 13.2. The number of nitrogens with two attached hydrogens (primary N) is 1. The molecule has 0 spiro atoms. The van der Waals surface area contributed by atoms with Crippen molar-refractivity contribution in [1.29, 1.82) is 0 Å². The molecule has 2 atom stereocenters. The number of rotatable bonds is 12. The summed E-state index contributed by atoms with van der Waals surface area (Å²) < 4.78 is 11.8. The fraction of sp³-hybridized carbons (Fsp3) is 0.212. The van der Waals surface area contributed by atoms with Crippen LogP contribution in [0.4, 0.5) is 21.9 Å². The van der Waals surface area contributed by atoms with Gasteiger partial charge in [0.15, 0.2) is 0 Å². The number of benzene rings is 4. The van der Waals surface area contributed by atoms with Gasteiger partial charge >= 0.3 is 6.09 Å². The van der Waals surface area contributed by atoms with E-state index in [1.165, 1.54) is 6.08 Å². The largest absolute Gasteiger partial charge is 0.491 e. The van der Waals surface area contributed by atoms with E-state index in [-0.39, 0.29) is 25.0 Å². The third kappa shape index (κ3) is 8.09. The topological polar surface area (TPSA) is 123 Å². The number of carbonyl (C=O) groups is 2. The van der Waals surface area contributed by atoms with Gasteiger partial charge in [-0.2, -0.15) is 0 Å². The number of hydrogen-bond acceptors (Lipinski definition) is 6. The average molecular weight is 554 g/mol. The predicted octanol–water partition coefficient (Wildman–Crippen LogP) is 6.69. The number of hydrogen-bond donors (Lipinski definition) is 4. The van der Waals surface area contributed by atoms with Gasteiger partial charge in [-0.3, -0.25) is 10.1 Å². The summed E-state index contributed by atoms with van der Waals surface area (Å²) >= 11 is 0. The molecule has 0 unspecified atom stereocenters. The molecule has 8 nitrogen and oxygen atoms in total. The van der Waals surface area contributed by atoms with E-state index in [0.29, 0.717) is 41.2 Å². The summed E-state index contributed by atoms with van der Waals surface area (Å²) in [6.07, 6.45) is 3.21. The van der Waals surface area contributed by atoms with Crippen molar-refractivity contribution >= 4 is 39.8 Å². The number of nitrogen functional groups attached to an aromatic ring is 1. The summed E-state index contributed by atoms with van der Waals surface area (Å²) in [5.74, 6) is 0.122. The monoisotopic (exact) mass is 553 g/mol. The second-order valence-electron chi connectivity index (χ2n) is 9.62. The smallest absolute Gasteiger partial charge is 0.412 e. The number of allylic oxidation sites excluding steroid dienone is 1. The SMILES string of the molecule is C[C@H](CC/C=C/C(=O)Nc1ccccc1N)[C@@H](OC(=O)Nc1cccc2ccccc12)c1ccccc1OCCO. The van der Waals surface area contributed by atoms with E-state index < -0.39 is 12.2 Å². The fourth-order valence-electron chi connectivity index (χ4n) is 4.56. The van der Waals surface area contributed by atoms with Crippen LogP contribution in [0, 0.1) is 5.92 Å². The first-order valence-corrected chi connectivity index (χ1v) is 13.6. The maximum Gasteiger partial charge on any atom is 0.412 e. The number of anilines is 3. The number of carbonyl (C=O) groups excluding carboxylic acids is 2. The van der Waals surface area contributed by atoms with E-state index >= 15 is 0 Å². The van der Waals surface area contributed by atoms with E-state index in [9.17, 15) is 14.7 Å². The van der Waals surface area contributed by atoms with Gasteiger partial charge in [0.25, 0.3) is 0 Å². The van der Waals surface area contributed by atoms with Crippen molar-refractivity contribution in [3.63, 3.8) is 0 Å². The van der Waals surface area contributed by atoms with Crippen molar-refractivity contribution in [1.82, 2.24) is 0 Å². The zero-order valence-electron chi connectivity index (χ0n) is 23.0. The van der Waals surface area contributed by atoms with Crippen molar-refractivity contribution in [3.8, 4) is 5.75 Å². The van der Waals surface area contributed by atoms with E-state index in [0.717, 1.165) is 10.8 Å². The van der Waals surface area contributed by atoms with Crippen LogP contribution < -0.4 is 21.1 Å². The number of ether oxygens (including phenoxy) is 2. The molecule has 4 aromatic carbocycles. The summed E-state index contributed by atoms with van der Waals surface area (Å²) in [5, 5.41) is 16.9. The number of para-hydroxylation sites is 3. The predicted molar refractivity (Wildman–Crippen MR) is 163 cm³/mol. The van der Waals surface area contributed by atoms with Crippen LogP contribution in [0.5, 0.6) is 5.75 Å². The zero-order chi connectivity index (χ0) is 29.0. The standard InChI is InChI=1S/C33H35N3O5/c1-23(11-2-9-20-31(38)35-29-17-7-6-16-27(29)34)32(26-15-5-8-19-30(26)40-22-21-37)41-33(39)36-28-18-10-13-24-12-3-4-14-25(24)28/h3-10,12-20,23,32,37H,2,11,21-22,34H2,1H3,(H,35,38)(H,36,39)/b20-9+/t23-,32-/m1/s1. The Hall–Kier alpha value is -4.82. The van der Waals surface area contributed by atoms with E-state index in [4.69, 9.17) is 15.2 Å². The van der Waals surface area contributed by atoms with Crippen LogP contribution in [0.2, 0.25) is 0 Å². The molecule has 0 aromatic heterocycles. The summed E-state index contributed by atoms with van der Waals surface area (Å²) in [6.45, 7) is 1.96. The van der Waals surface area contributed by atoms with Crippen LogP contribution >= 0.6 is 0 Å². The number of aliphatic hydroxyl groups is 1. The fourth-order valence-corrected chi connectivity index (χ4v) is 4.56. The van der Waals surface area contributed by atoms with Crippen molar-refractivity contribution in [2.75, 3.05) is 29.6 Å². The third-order valence-electron chi connectivity index (χ3n) is 6.63. The molecule has 4 aromatic rings. The van der Waals surface area contributed by atoms with E-state index in [1.54, 1.807) is 36.4 Å². The molecule has 212 valence electrons. The van der Waals surface area contributed by atoms with Gasteiger partial charge in [0.2, 0.25) is 5.91 Å². The summed E-state index contributed by atoms with van der Waals surface area (Å²) in [7, 11) is 0. The molecule has 0 aliphatic heterocycles. The van der Waals surface area contributed by atoms with Gasteiger partial charge in [-0.1, -0.05) is 79.7 Å². The first kappa shape index (κ1) is 29.2. The molecule has 0 saturated carbocycles. The van der Waals surface area contributed by atoms with E-state index in [2.05, 4.69) is 10.6 Å². The molecule has 41 heavy (non-hydrogen) atoms. The van der Waals surface area contributed by atoms with Gasteiger partial charge in [0, 0.05) is 10.9 Å². The summed E-state index contributed by atoms with van der Waals surface area (Å²) in [5.41, 5.74) is 8.30.